The van der Waals surface area contributed by atoms with Crippen LogP contribution in [0.2, 0.25) is 0 Å². The van der Waals surface area contributed by atoms with Gasteiger partial charge in [0.25, 0.3) is 11.5 Å². The van der Waals surface area contributed by atoms with Gasteiger partial charge in [-0.25, -0.2) is 9.78 Å². The lowest BCUT2D eigenvalue weighted by atomic mass is 10.2. The summed E-state index contributed by atoms with van der Waals surface area (Å²) >= 11 is 1.30. The Bertz CT molecular complexity index is 1410. The predicted molar refractivity (Wildman–Crippen MR) is 129 cm³/mol. The lowest BCUT2D eigenvalue weighted by molar-refractivity contribution is 0.0980. The number of thiazole rings is 1. The number of rotatable bonds is 8. The van der Waals surface area contributed by atoms with Crippen LogP contribution < -0.4 is 21.9 Å². The topological polar surface area (TPSA) is 136 Å². The number of nitrogens with zero attached hydrogens (tertiary/aromatic N) is 3. The molecule has 0 aliphatic carbocycles. The van der Waals surface area contributed by atoms with Crippen LogP contribution in [0.1, 0.15) is 20.9 Å². The van der Waals surface area contributed by atoms with Crippen LogP contribution >= 0.6 is 11.3 Å². The van der Waals surface area contributed by atoms with Gasteiger partial charge in [-0.3, -0.25) is 24.0 Å². The summed E-state index contributed by atoms with van der Waals surface area (Å²) < 4.78 is 11.6. The Hall–Kier alpha value is -3.96. The van der Waals surface area contributed by atoms with E-state index in [4.69, 9.17) is 14.9 Å². The number of anilines is 2. The number of furan rings is 1. The number of methoxy groups -OCH3 is 1. The molecule has 3 N–H and O–H groups in total. The molecular weight excluding hydrogens is 458 g/mol. The average Bonchev–Trinajstić information content (AvgIpc) is 3.48. The van der Waals surface area contributed by atoms with Gasteiger partial charge in [0.05, 0.1) is 26.0 Å². The summed E-state index contributed by atoms with van der Waals surface area (Å²) in [5.41, 5.74) is 5.64. The molecule has 4 aromatic rings. The van der Waals surface area contributed by atoms with Crippen molar-refractivity contribution >= 4 is 28.7 Å². The minimum Gasteiger partial charge on any atom is -0.462 e. The van der Waals surface area contributed by atoms with Crippen molar-refractivity contribution in [2.45, 2.75) is 20.0 Å². The quantitative estimate of drug-likeness (QED) is 0.395. The van der Waals surface area contributed by atoms with Gasteiger partial charge in [-0.2, -0.15) is 0 Å². The van der Waals surface area contributed by atoms with Crippen molar-refractivity contribution in [1.29, 1.82) is 0 Å². The number of carbonyl (C=O) groups is 1. The van der Waals surface area contributed by atoms with E-state index in [1.54, 1.807) is 19.1 Å². The molecule has 0 atom stereocenters. The summed E-state index contributed by atoms with van der Waals surface area (Å²) in [7, 11) is 1.49. The molecule has 0 bridgehead atoms. The van der Waals surface area contributed by atoms with Crippen LogP contribution in [0.4, 0.5) is 11.5 Å². The first-order chi connectivity index (χ1) is 16.4. The van der Waals surface area contributed by atoms with Crippen molar-refractivity contribution in [1.82, 2.24) is 14.5 Å². The fourth-order valence-corrected chi connectivity index (χ4v) is 4.36. The molecule has 34 heavy (non-hydrogen) atoms. The van der Waals surface area contributed by atoms with E-state index in [0.29, 0.717) is 15.6 Å². The fourth-order valence-electron chi connectivity index (χ4n) is 3.49. The Morgan fingerprint density at radius 3 is 2.68 bits per heavy atom. The molecule has 0 aliphatic rings. The maximum atomic E-state index is 13.8. The first-order valence-corrected chi connectivity index (χ1v) is 11.2. The molecule has 0 aliphatic heterocycles. The van der Waals surface area contributed by atoms with E-state index < -0.39 is 17.2 Å². The zero-order valence-electron chi connectivity index (χ0n) is 18.6. The van der Waals surface area contributed by atoms with E-state index in [0.717, 1.165) is 5.56 Å². The van der Waals surface area contributed by atoms with Crippen molar-refractivity contribution < 1.29 is 13.9 Å². The van der Waals surface area contributed by atoms with Crippen LogP contribution in [0.3, 0.4) is 0 Å². The van der Waals surface area contributed by atoms with Crippen molar-refractivity contribution in [3.63, 3.8) is 0 Å². The van der Waals surface area contributed by atoms with Gasteiger partial charge in [0, 0.05) is 12.0 Å². The highest BCUT2D eigenvalue weighted by molar-refractivity contribution is 7.15. The van der Waals surface area contributed by atoms with Crippen molar-refractivity contribution in [2.24, 2.45) is 0 Å². The normalized spacial score (nSPS) is 11.0. The third-order valence-corrected chi connectivity index (χ3v) is 6.15. The number of nitrogens with two attached hydrogens (primary N) is 1. The van der Waals surface area contributed by atoms with Gasteiger partial charge >= 0.3 is 5.69 Å². The Kier molecular flexibility index (Phi) is 6.75. The number of hydrogen-bond acceptors (Lipinski definition) is 8. The highest BCUT2D eigenvalue weighted by Gasteiger charge is 2.29. The average molecular weight is 482 g/mol. The molecule has 1 aromatic carbocycles. The number of benzene rings is 1. The van der Waals surface area contributed by atoms with Gasteiger partial charge in [0.1, 0.15) is 11.5 Å². The van der Waals surface area contributed by atoms with E-state index in [1.165, 1.54) is 34.2 Å². The first kappa shape index (κ1) is 23.2. The molecule has 0 radical (unpaired) electrons. The van der Waals surface area contributed by atoms with Crippen molar-refractivity contribution in [2.75, 3.05) is 24.4 Å². The van der Waals surface area contributed by atoms with Crippen LogP contribution in [0.5, 0.6) is 0 Å². The number of aryl methyl sites for hydroxylation is 1. The number of carbonyl (C=O) groups excluding carboxylic acids is 1. The molecule has 0 spiro atoms. The number of hydrogen-bond donors (Lipinski definition) is 2. The monoisotopic (exact) mass is 481 g/mol. The van der Waals surface area contributed by atoms with Gasteiger partial charge in [0.2, 0.25) is 0 Å². The number of nitrogen functional groups attached to an aromatic ring is 1. The lowest BCUT2D eigenvalue weighted by Crippen LogP contribution is -2.41. The molecule has 0 fully saturated rings. The third kappa shape index (κ3) is 4.56. The molecule has 11 heteroatoms. The summed E-state index contributed by atoms with van der Waals surface area (Å²) in [4.78, 5) is 47.7. The van der Waals surface area contributed by atoms with Crippen LogP contribution in [-0.2, 0) is 17.8 Å². The fraction of sp³-hybridized carbons (Fsp3) is 0.217. The molecule has 4 rings (SSSR count). The second-order valence-corrected chi connectivity index (χ2v) is 8.62. The van der Waals surface area contributed by atoms with Gasteiger partial charge in [-0.05, 0) is 24.6 Å². The molecule has 0 unspecified atom stereocenters. The predicted octanol–water partition coefficient (Wildman–Crippen LogP) is 2.64. The molecule has 0 saturated heterocycles. The Morgan fingerprint density at radius 1 is 1.24 bits per heavy atom. The largest absolute Gasteiger partial charge is 0.462 e. The second-order valence-electron chi connectivity index (χ2n) is 7.42. The highest BCUT2D eigenvalue weighted by Crippen LogP contribution is 2.30. The Labute approximate surface area is 198 Å². The van der Waals surface area contributed by atoms with Gasteiger partial charge in [-0.15, -0.1) is 11.3 Å². The SMILES string of the molecule is COCCn1c(N)c(N(Cc2ccccc2)C(=O)c2nc(-c3ccco3)sc2C)c(=O)[nH]c1=O. The molecule has 3 aromatic heterocycles. The zero-order chi connectivity index (χ0) is 24.2. The Balaban J connectivity index is 1.84. The maximum Gasteiger partial charge on any atom is 0.330 e. The Morgan fingerprint density at radius 2 is 2.00 bits per heavy atom. The van der Waals surface area contributed by atoms with Crippen LogP contribution in [0.25, 0.3) is 10.8 Å². The molecule has 1 amide bonds. The number of H-pyrrole nitrogens is 1. The minimum atomic E-state index is -0.764. The first-order valence-electron chi connectivity index (χ1n) is 10.4. The molecule has 176 valence electrons. The van der Waals surface area contributed by atoms with E-state index in [9.17, 15) is 14.4 Å². The number of aromatic amines is 1. The number of ether oxygens (including phenoxy) is 1. The molecule has 3 heterocycles. The number of amides is 1. The molecular formula is C23H23N5O5S. The summed E-state index contributed by atoms with van der Waals surface area (Å²) in [6, 6.07) is 12.6. The van der Waals surface area contributed by atoms with E-state index >= 15 is 0 Å². The van der Waals surface area contributed by atoms with Crippen LogP contribution in [-0.4, -0.2) is 34.2 Å². The molecule has 10 nitrogen and oxygen atoms in total. The minimum absolute atomic E-state index is 0.0441. The van der Waals surface area contributed by atoms with Gasteiger partial charge in [0.15, 0.2) is 16.5 Å². The van der Waals surface area contributed by atoms with Crippen LogP contribution in [0, 0.1) is 6.92 Å². The van der Waals surface area contributed by atoms with E-state index in [2.05, 4.69) is 9.97 Å². The summed E-state index contributed by atoms with van der Waals surface area (Å²) in [5, 5.41) is 0.539. The highest BCUT2D eigenvalue weighted by atomic mass is 32.1. The second kappa shape index (κ2) is 9.89. The van der Waals surface area contributed by atoms with Gasteiger partial charge < -0.3 is 14.9 Å². The zero-order valence-corrected chi connectivity index (χ0v) is 19.4. The van der Waals surface area contributed by atoms with E-state index in [1.807, 2.05) is 30.3 Å². The molecule has 0 saturated carbocycles. The number of aromatic nitrogens is 3. The lowest BCUT2D eigenvalue weighted by Gasteiger charge is -2.24. The third-order valence-electron chi connectivity index (χ3n) is 5.16. The van der Waals surface area contributed by atoms with Crippen LogP contribution in [0.15, 0.2) is 62.7 Å². The van der Waals surface area contributed by atoms with Crippen molar-refractivity contribution in [3.8, 4) is 10.8 Å². The summed E-state index contributed by atoms with van der Waals surface area (Å²) in [6.45, 7) is 2.12. The summed E-state index contributed by atoms with van der Waals surface area (Å²) in [6.07, 6.45) is 1.53. The summed E-state index contributed by atoms with van der Waals surface area (Å²) in [5.74, 6) is -0.119. The van der Waals surface area contributed by atoms with E-state index in [-0.39, 0.29) is 36.9 Å². The van der Waals surface area contributed by atoms with Crippen molar-refractivity contribution in [3.05, 3.63) is 85.7 Å². The van der Waals surface area contributed by atoms with Gasteiger partial charge in [-0.1, -0.05) is 30.3 Å². The number of nitrogens with one attached hydrogen (secondary N) is 1. The smallest absolute Gasteiger partial charge is 0.330 e. The maximum absolute atomic E-state index is 13.8. The standard InChI is InChI=1S/C23H23N5O5S/c1-14-17(25-21(34-14)16-9-6-11-33-16)22(30)28(13-15-7-4-3-5-8-15)18-19(24)27(10-12-32-2)23(31)26-20(18)29/h3-9,11H,10,12-13,24H2,1-2H3,(H,26,29,31).